The Morgan fingerprint density at radius 2 is 1.91 bits per heavy atom. The average Bonchev–Trinajstić information content (AvgIpc) is 3.48. The van der Waals surface area contributed by atoms with E-state index in [1.54, 1.807) is 43.3 Å². The van der Waals surface area contributed by atoms with E-state index in [1.165, 1.54) is 11.3 Å². The number of amides is 1. The zero-order valence-electron chi connectivity index (χ0n) is 19.4. The Morgan fingerprint density at radius 1 is 1.14 bits per heavy atom. The van der Waals surface area contributed by atoms with Crippen LogP contribution >= 0.6 is 11.3 Å². The lowest BCUT2D eigenvalue weighted by Gasteiger charge is -2.25. The van der Waals surface area contributed by atoms with E-state index in [2.05, 4.69) is 10.3 Å². The van der Waals surface area contributed by atoms with E-state index in [0.29, 0.717) is 32.0 Å². The molecule has 0 unspecified atom stereocenters. The lowest BCUT2D eigenvalue weighted by Crippen LogP contribution is -2.40. The summed E-state index contributed by atoms with van der Waals surface area (Å²) in [5.74, 6) is 0.387. The molecule has 0 aliphatic carbocycles. The number of furan rings is 1. The van der Waals surface area contributed by atoms with Crippen LogP contribution in [0.5, 0.6) is 5.75 Å². The van der Waals surface area contributed by atoms with Gasteiger partial charge in [0.1, 0.15) is 5.75 Å². The second kappa shape index (κ2) is 9.23. The van der Waals surface area contributed by atoms with Crippen molar-refractivity contribution in [3.05, 3.63) is 115 Å². The van der Waals surface area contributed by atoms with Gasteiger partial charge < -0.3 is 14.5 Å². The number of methoxy groups -OCH3 is 1. The Kier molecular flexibility index (Phi) is 5.96. The number of anilines is 1. The van der Waals surface area contributed by atoms with Crippen LogP contribution in [0.1, 0.15) is 29.7 Å². The topological polar surface area (TPSA) is 85.8 Å². The zero-order chi connectivity index (χ0) is 24.5. The zero-order valence-corrected chi connectivity index (χ0v) is 20.3. The van der Waals surface area contributed by atoms with E-state index >= 15 is 0 Å². The van der Waals surface area contributed by atoms with Gasteiger partial charge in [0, 0.05) is 11.3 Å². The van der Waals surface area contributed by atoms with Crippen LogP contribution in [0.2, 0.25) is 0 Å². The molecular weight excluding hydrogens is 462 g/mol. The maximum atomic E-state index is 13.6. The molecule has 1 atom stereocenters. The van der Waals surface area contributed by atoms with Crippen LogP contribution in [0.3, 0.4) is 0 Å². The number of para-hydroxylation sites is 1. The molecule has 2 aromatic heterocycles. The Morgan fingerprint density at radius 3 is 2.60 bits per heavy atom. The predicted octanol–water partition coefficient (Wildman–Crippen LogP) is 3.78. The third-order valence-electron chi connectivity index (χ3n) is 5.93. The first kappa shape index (κ1) is 22.6. The second-order valence-electron chi connectivity index (χ2n) is 8.18. The van der Waals surface area contributed by atoms with Crippen LogP contribution in [0.4, 0.5) is 5.69 Å². The number of nitrogens with one attached hydrogen (secondary N) is 1. The molecule has 0 bridgehead atoms. The summed E-state index contributed by atoms with van der Waals surface area (Å²) in [5.41, 5.74) is 3.98. The van der Waals surface area contributed by atoms with Crippen molar-refractivity contribution in [1.82, 2.24) is 4.57 Å². The van der Waals surface area contributed by atoms with Crippen LogP contribution in [0, 0.1) is 6.92 Å². The number of hydrogen-bond donors (Lipinski definition) is 1. The number of carbonyl (C=O) groups excluding carboxylic acids is 1. The first-order valence-corrected chi connectivity index (χ1v) is 11.8. The van der Waals surface area contributed by atoms with Crippen molar-refractivity contribution in [2.75, 3.05) is 12.4 Å². The molecule has 1 aliphatic rings. The van der Waals surface area contributed by atoms with E-state index in [-0.39, 0.29) is 11.5 Å². The fourth-order valence-corrected chi connectivity index (χ4v) is 5.17. The molecule has 1 aliphatic heterocycles. The number of aromatic nitrogens is 1. The van der Waals surface area contributed by atoms with Crippen molar-refractivity contribution in [2.24, 2.45) is 4.99 Å². The molecule has 5 rings (SSSR count). The van der Waals surface area contributed by atoms with Crippen molar-refractivity contribution < 1.29 is 13.9 Å². The SMILES string of the molecule is COc1ccc([C@H]2C(C(=O)Nc3ccccc3C)=C(C)N=c3sc(=Cc4ccoc4)c(=O)n32)cc1. The summed E-state index contributed by atoms with van der Waals surface area (Å²) in [4.78, 5) is 32.4. The highest BCUT2D eigenvalue weighted by atomic mass is 32.1. The molecule has 0 spiro atoms. The summed E-state index contributed by atoms with van der Waals surface area (Å²) in [5, 5.41) is 3.01. The quantitative estimate of drug-likeness (QED) is 0.466. The maximum Gasteiger partial charge on any atom is 0.271 e. The maximum absolute atomic E-state index is 13.6. The van der Waals surface area contributed by atoms with Gasteiger partial charge in [-0.05, 0) is 55.3 Å². The molecule has 0 saturated carbocycles. The first-order chi connectivity index (χ1) is 17.0. The number of hydrogen-bond acceptors (Lipinski definition) is 6. The number of nitrogens with zero attached hydrogens (tertiary/aromatic N) is 2. The normalized spacial score (nSPS) is 15.5. The third-order valence-corrected chi connectivity index (χ3v) is 6.92. The van der Waals surface area contributed by atoms with Crippen LogP contribution in [0.15, 0.2) is 92.6 Å². The highest BCUT2D eigenvalue weighted by Crippen LogP contribution is 2.32. The molecule has 176 valence electrons. The summed E-state index contributed by atoms with van der Waals surface area (Å²) in [7, 11) is 1.60. The van der Waals surface area contributed by atoms with Crippen LogP contribution in [0.25, 0.3) is 6.08 Å². The minimum Gasteiger partial charge on any atom is -0.497 e. The molecule has 8 heteroatoms. The second-order valence-corrected chi connectivity index (χ2v) is 9.19. The Balaban J connectivity index is 1.68. The van der Waals surface area contributed by atoms with Crippen molar-refractivity contribution in [2.45, 2.75) is 19.9 Å². The molecule has 35 heavy (non-hydrogen) atoms. The minimum atomic E-state index is -0.646. The number of benzene rings is 2. The summed E-state index contributed by atoms with van der Waals surface area (Å²) in [6.45, 7) is 3.74. The number of carbonyl (C=O) groups is 1. The van der Waals surface area contributed by atoms with E-state index < -0.39 is 6.04 Å². The van der Waals surface area contributed by atoms with Gasteiger partial charge in [-0.15, -0.1) is 0 Å². The third kappa shape index (κ3) is 4.24. The number of allylic oxidation sites excluding steroid dienone is 1. The summed E-state index contributed by atoms with van der Waals surface area (Å²) >= 11 is 1.29. The smallest absolute Gasteiger partial charge is 0.271 e. The molecule has 0 radical (unpaired) electrons. The molecule has 4 aromatic rings. The van der Waals surface area contributed by atoms with E-state index in [1.807, 2.05) is 55.5 Å². The number of aryl methyl sites for hydroxylation is 1. The predicted molar refractivity (Wildman–Crippen MR) is 135 cm³/mol. The van der Waals surface area contributed by atoms with Crippen molar-refractivity contribution in [3.8, 4) is 5.75 Å². The van der Waals surface area contributed by atoms with Crippen molar-refractivity contribution in [3.63, 3.8) is 0 Å². The Labute approximate surface area is 205 Å². The summed E-state index contributed by atoms with van der Waals surface area (Å²) < 4.78 is 12.6. The van der Waals surface area contributed by atoms with Crippen LogP contribution in [-0.4, -0.2) is 17.6 Å². The van der Waals surface area contributed by atoms with Gasteiger partial charge in [0.25, 0.3) is 11.5 Å². The molecular formula is C27H23N3O4S. The van der Waals surface area contributed by atoms with Gasteiger partial charge in [-0.1, -0.05) is 41.7 Å². The van der Waals surface area contributed by atoms with E-state index in [4.69, 9.17) is 9.15 Å². The van der Waals surface area contributed by atoms with E-state index in [9.17, 15) is 9.59 Å². The minimum absolute atomic E-state index is 0.218. The van der Waals surface area contributed by atoms with E-state index in [0.717, 1.165) is 16.7 Å². The van der Waals surface area contributed by atoms with Crippen molar-refractivity contribution in [1.29, 1.82) is 0 Å². The number of rotatable bonds is 5. The van der Waals surface area contributed by atoms with Gasteiger partial charge in [0.15, 0.2) is 4.80 Å². The summed E-state index contributed by atoms with van der Waals surface area (Å²) in [6, 6.07) is 16.1. The van der Waals surface area contributed by atoms with Crippen LogP contribution in [-0.2, 0) is 4.79 Å². The summed E-state index contributed by atoms with van der Waals surface area (Å²) in [6.07, 6.45) is 4.90. The first-order valence-electron chi connectivity index (χ1n) is 11.0. The average molecular weight is 486 g/mol. The number of thiazole rings is 1. The fourth-order valence-electron chi connectivity index (χ4n) is 4.12. The molecule has 0 fully saturated rings. The molecule has 7 nitrogen and oxygen atoms in total. The number of ether oxygens (including phenoxy) is 1. The van der Waals surface area contributed by atoms with Gasteiger partial charge in [-0.2, -0.15) is 0 Å². The van der Waals surface area contributed by atoms with Gasteiger partial charge in [0.05, 0.1) is 41.5 Å². The van der Waals surface area contributed by atoms with Gasteiger partial charge >= 0.3 is 0 Å². The van der Waals surface area contributed by atoms with Gasteiger partial charge in [-0.25, -0.2) is 4.99 Å². The molecule has 1 amide bonds. The lowest BCUT2D eigenvalue weighted by molar-refractivity contribution is -0.113. The highest BCUT2D eigenvalue weighted by Gasteiger charge is 2.32. The molecule has 2 aromatic carbocycles. The monoisotopic (exact) mass is 485 g/mol. The van der Waals surface area contributed by atoms with Gasteiger partial charge in [-0.3, -0.25) is 14.2 Å². The largest absolute Gasteiger partial charge is 0.497 e. The Bertz CT molecular complexity index is 1610. The lowest BCUT2D eigenvalue weighted by atomic mass is 9.95. The Hall–Kier alpha value is -4.17. The van der Waals surface area contributed by atoms with Gasteiger partial charge in [0.2, 0.25) is 0 Å². The molecule has 0 saturated heterocycles. The standard InChI is InChI=1S/C27H23N3O4S/c1-16-6-4-5-7-21(16)29-25(31)23-17(2)28-27-30(24(23)19-8-10-20(33-3)11-9-19)26(32)22(35-27)14-18-12-13-34-15-18/h4-15,24H,1-3H3,(H,29,31)/t24-/m0/s1. The number of fused-ring (bicyclic) bond motifs is 1. The molecule has 3 heterocycles. The fraction of sp³-hybridized carbons (Fsp3) is 0.148. The van der Waals surface area contributed by atoms with Crippen molar-refractivity contribution >= 4 is 29.0 Å². The molecule has 1 N–H and O–H groups in total. The van der Waals surface area contributed by atoms with Crippen LogP contribution < -0.4 is 24.9 Å². The highest BCUT2D eigenvalue weighted by molar-refractivity contribution is 7.07.